The molecule has 2 rings (SSSR count). The van der Waals surface area contributed by atoms with E-state index < -0.39 is 22.9 Å². The fourth-order valence-electron chi connectivity index (χ4n) is 2.10. The summed E-state index contributed by atoms with van der Waals surface area (Å²) in [6, 6.07) is 0. The molecule has 86 valence electrons. The molecule has 3 heteroatoms. The van der Waals surface area contributed by atoms with E-state index in [1.54, 1.807) is 0 Å². The average molecular weight is 422 g/mol. The summed E-state index contributed by atoms with van der Waals surface area (Å²) in [6.07, 6.45) is 21.3. The molecule has 2 aliphatic rings. The van der Waals surface area contributed by atoms with Crippen molar-refractivity contribution in [3.8, 4) is 0 Å². The minimum absolute atomic E-state index is 0. The van der Waals surface area contributed by atoms with Crippen molar-refractivity contribution in [3.05, 3.63) is 48.6 Å². The molecule has 0 aliphatic heterocycles. The molecule has 16 heavy (non-hydrogen) atoms. The Morgan fingerprint density at radius 2 is 1.56 bits per heavy atom. The van der Waals surface area contributed by atoms with Gasteiger partial charge in [0.05, 0.1) is 0 Å². The Labute approximate surface area is 122 Å². The molecule has 0 spiro atoms. The summed E-state index contributed by atoms with van der Waals surface area (Å²) in [6.45, 7) is 2.30. The standard InChI is InChI=1S/C8H11.C5H5.2ClH.Hf/c1-2-5-8-6-3-4-7-8;1-2-4-5-3-1;;;/h3-4,6-7H,2,5H2,1H3;1-5H;2*1H;/q;;;;+2/p-2. The summed E-state index contributed by atoms with van der Waals surface area (Å²) < 4.78 is 1.38. The second-order valence-corrected chi connectivity index (χ2v) is 10.7. The third-order valence-corrected chi connectivity index (χ3v) is 9.35. The number of hydrogen-bond donors (Lipinski definition) is 0. The number of allylic oxidation sites excluding steroid dienone is 8. The molecule has 0 aromatic heterocycles. The van der Waals surface area contributed by atoms with Crippen molar-refractivity contribution >= 4 is 0 Å². The van der Waals surface area contributed by atoms with E-state index >= 15 is 0 Å². The molecule has 0 saturated heterocycles. The van der Waals surface area contributed by atoms with Crippen LogP contribution in [-0.4, -0.2) is 0 Å². The molecule has 0 atom stereocenters. The summed E-state index contributed by atoms with van der Waals surface area (Å²) >= 11 is -0.636. The minimum Gasteiger partial charge on any atom is -1.00 e. The molecular weight excluding hydrogens is 406 g/mol. The maximum absolute atomic E-state index is 2.46. The summed E-state index contributed by atoms with van der Waals surface area (Å²) in [7, 11) is 0. The fourth-order valence-corrected chi connectivity index (χ4v) is 8.62. The fraction of sp³-hybridized carbons (Fsp3) is 0.385. The predicted molar refractivity (Wildman–Crippen MR) is 57.9 cm³/mol. The summed E-state index contributed by atoms with van der Waals surface area (Å²) in [4.78, 5) is 0. The molecular formula is C13H16Cl2Hf. The topological polar surface area (TPSA) is 0 Å². The van der Waals surface area contributed by atoms with E-state index in [0.29, 0.717) is 3.17 Å². The van der Waals surface area contributed by atoms with Crippen molar-refractivity contribution in [2.75, 3.05) is 0 Å². The molecule has 0 unspecified atom stereocenters. The molecule has 0 radical (unpaired) electrons. The summed E-state index contributed by atoms with van der Waals surface area (Å²) in [5.74, 6) is 0. The van der Waals surface area contributed by atoms with Crippen LogP contribution in [0.2, 0.25) is 6.85 Å². The largest absolute Gasteiger partial charge is 1.00 e. The van der Waals surface area contributed by atoms with E-state index in [4.69, 9.17) is 0 Å². The van der Waals surface area contributed by atoms with E-state index in [0.717, 1.165) is 3.67 Å². The maximum Gasteiger partial charge on any atom is -1.00 e. The van der Waals surface area contributed by atoms with Gasteiger partial charge in [-0.15, -0.1) is 0 Å². The first kappa shape index (κ1) is 16.4. The molecule has 0 saturated carbocycles. The Hall–Kier alpha value is 0.410. The maximum atomic E-state index is 2.46. The van der Waals surface area contributed by atoms with Gasteiger partial charge in [0.1, 0.15) is 0 Å². The van der Waals surface area contributed by atoms with Gasteiger partial charge in [0.15, 0.2) is 0 Å². The summed E-state index contributed by atoms with van der Waals surface area (Å²) in [5.41, 5.74) is 0. The quantitative estimate of drug-likeness (QED) is 0.464. The van der Waals surface area contributed by atoms with Crippen molar-refractivity contribution < 1.29 is 47.7 Å². The first-order chi connectivity index (χ1) is 6.85. The molecule has 0 fully saturated rings. The van der Waals surface area contributed by atoms with E-state index in [9.17, 15) is 0 Å². The van der Waals surface area contributed by atoms with Crippen LogP contribution in [0, 0.1) is 0 Å². The zero-order valence-electron chi connectivity index (χ0n) is 9.37. The van der Waals surface area contributed by atoms with Gasteiger partial charge in [-0.25, -0.2) is 0 Å². The SMILES string of the molecule is CCC[C]1([Hf+2][CH]2C=CC=C2)C=CC=C1.[Cl-].[Cl-]. The van der Waals surface area contributed by atoms with Gasteiger partial charge >= 0.3 is 98.1 Å². The van der Waals surface area contributed by atoms with Gasteiger partial charge in [-0.2, -0.15) is 0 Å². The first-order valence-electron chi connectivity index (χ1n) is 5.34. The normalized spacial score (nSPS) is 19.3. The Morgan fingerprint density at radius 1 is 1.00 bits per heavy atom. The van der Waals surface area contributed by atoms with Crippen LogP contribution >= 0.6 is 0 Å². The van der Waals surface area contributed by atoms with Gasteiger partial charge in [-0.3, -0.25) is 0 Å². The Morgan fingerprint density at radius 3 is 2.06 bits per heavy atom. The van der Waals surface area contributed by atoms with Crippen LogP contribution in [0.3, 0.4) is 0 Å². The van der Waals surface area contributed by atoms with Crippen LogP contribution in [0.15, 0.2) is 48.6 Å². The molecule has 0 aromatic rings. The first-order valence-corrected chi connectivity index (χ1v) is 9.21. The second kappa shape index (κ2) is 7.68. The van der Waals surface area contributed by atoms with Crippen molar-refractivity contribution in [2.45, 2.75) is 26.6 Å². The van der Waals surface area contributed by atoms with Crippen LogP contribution in [0.5, 0.6) is 0 Å². The monoisotopic (exact) mass is 422 g/mol. The van der Waals surface area contributed by atoms with Crippen LogP contribution in [0.4, 0.5) is 0 Å². The van der Waals surface area contributed by atoms with Crippen molar-refractivity contribution in [1.29, 1.82) is 0 Å². The summed E-state index contributed by atoms with van der Waals surface area (Å²) in [5, 5.41) is 0. The van der Waals surface area contributed by atoms with Crippen LogP contribution in [0.25, 0.3) is 0 Å². The molecule has 2 aliphatic carbocycles. The van der Waals surface area contributed by atoms with Crippen LogP contribution in [-0.2, 0) is 22.9 Å². The van der Waals surface area contributed by atoms with E-state index in [-0.39, 0.29) is 24.8 Å². The minimum atomic E-state index is -0.636. The van der Waals surface area contributed by atoms with Gasteiger partial charge in [0, 0.05) is 0 Å². The molecule has 0 aromatic carbocycles. The molecule has 0 amide bonds. The predicted octanol–water partition coefficient (Wildman–Crippen LogP) is -1.92. The van der Waals surface area contributed by atoms with E-state index in [1.165, 1.54) is 12.8 Å². The number of rotatable bonds is 4. The number of hydrogen-bond acceptors (Lipinski definition) is 0. The van der Waals surface area contributed by atoms with Gasteiger partial charge in [0.2, 0.25) is 0 Å². The Balaban J connectivity index is 0.00000112. The smallest absolute Gasteiger partial charge is 1.00 e. The van der Waals surface area contributed by atoms with Crippen LogP contribution in [0.1, 0.15) is 19.8 Å². The van der Waals surface area contributed by atoms with Crippen molar-refractivity contribution in [3.63, 3.8) is 0 Å². The Bertz CT molecular complexity index is 292. The number of halogens is 2. The van der Waals surface area contributed by atoms with Crippen molar-refractivity contribution in [2.24, 2.45) is 0 Å². The van der Waals surface area contributed by atoms with Gasteiger partial charge < -0.3 is 24.8 Å². The molecule has 0 nitrogen and oxygen atoms in total. The third-order valence-electron chi connectivity index (χ3n) is 2.75. The van der Waals surface area contributed by atoms with Gasteiger partial charge in [-0.05, 0) is 0 Å². The van der Waals surface area contributed by atoms with E-state index in [1.807, 2.05) is 0 Å². The average Bonchev–Trinajstić information content (AvgIpc) is 2.78. The van der Waals surface area contributed by atoms with E-state index in [2.05, 4.69) is 55.5 Å². The zero-order chi connectivity index (χ0) is 9.86. The van der Waals surface area contributed by atoms with Gasteiger partial charge in [0.25, 0.3) is 0 Å². The molecule has 0 N–H and O–H groups in total. The van der Waals surface area contributed by atoms with Crippen molar-refractivity contribution in [1.82, 2.24) is 0 Å². The second-order valence-electron chi connectivity index (χ2n) is 3.95. The third kappa shape index (κ3) is 4.01. The van der Waals surface area contributed by atoms with Gasteiger partial charge in [-0.1, -0.05) is 0 Å². The molecule has 0 bridgehead atoms. The zero-order valence-corrected chi connectivity index (χ0v) is 14.5. The Kier molecular flexibility index (Phi) is 7.88. The molecule has 0 heterocycles. The van der Waals surface area contributed by atoms with Crippen LogP contribution < -0.4 is 24.8 Å².